The average Bonchev–Trinajstić information content (AvgIpc) is 3.57. The fourth-order valence-corrected chi connectivity index (χ4v) is 5.98. The first kappa shape index (κ1) is 29.5. The molecule has 11 heteroatoms. The number of amides is 1. The first-order valence-electron chi connectivity index (χ1n) is 14.1. The maximum Gasteiger partial charge on any atom is 0.410 e. The summed E-state index contributed by atoms with van der Waals surface area (Å²) in [5, 5.41) is 9.89. The van der Waals surface area contributed by atoms with Crippen molar-refractivity contribution in [1.82, 2.24) is 14.9 Å². The van der Waals surface area contributed by atoms with E-state index in [2.05, 4.69) is 4.99 Å². The highest BCUT2D eigenvalue weighted by Crippen LogP contribution is 2.44. The molecule has 1 unspecified atom stereocenters. The Morgan fingerprint density at radius 2 is 2.05 bits per heavy atom. The molecular weight excluding hydrogens is 555 g/mol. The Balaban J connectivity index is 1.61. The van der Waals surface area contributed by atoms with Crippen LogP contribution in [0.1, 0.15) is 53.7 Å². The Hall–Kier alpha value is -3.99. The number of carbonyl (C=O) groups is 1. The van der Waals surface area contributed by atoms with Crippen molar-refractivity contribution in [3.05, 3.63) is 52.9 Å². The number of allylic oxidation sites excluding steroid dienone is 1. The Kier molecular flexibility index (Phi) is 8.23. The number of fused-ring (bicyclic) bond motifs is 2. The number of ether oxygens (including phenoxy) is 2. The first-order valence-corrected chi connectivity index (χ1v) is 14.9. The second-order valence-corrected chi connectivity index (χ2v) is 12.7. The van der Waals surface area contributed by atoms with Crippen LogP contribution in [0.5, 0.6) is 5.75 Å². The van der Waals surface area contributed by atoms with Gasteiger partial charge in [0.25, 0.3) is 0 Å². The Morgan fingerprint density at radius 1 is 1.26 bits per heavy atom. The number of thiophene rings is 1. The minimum absolute atomic E-state index is 0.0241. The number of piperazine rings is 1. The predicted molar refractivity (Wildman–Crippen MR) is 166 cm³/mol. The number of nitrogens with two attached hydrogens (primary N) is 1. The second-order valence-electron chi connectivity index (χ2n) is 11.8. The summed E-state index contributed by atoms with van der Waals surface area (Å²) < 4.78 is 27.1. The van der Waals surface area contributed by atoms with E-state index in [1.54, 1.807) is 28.5 Å². The Morgan fingerprint density at radius 3 is 2.76 bits per heavy atom. The molecule has 1 fully saturated rings. The van der Waals surface area contributed by atoms with Crippen LogP contribution in [0.3, 0.4) is 0 Å². The standard InChI is InChI=1S/C31H37FN6O3S/c1-18(2)40-25-13-20(32)7-8-22(25)26-27(35-29(34-16-19(3)15-33)23-9-12-42-28(23)26)24-14-21-17-37(10-11-38(21)36-24)30(39)41-31(4,5)6/h7-9,12-13,15-16,18,21H,10-11,14,17,33H2,1-6H3/b19-15-,34-16?. The molecule has 42 heavy (non-hydrogen) atoms. The number of hydrogen-bond acceptors (Lipinski definition) is 9. The maximum absolute atomic E-state index is 14.4. The van der Waals surface area contributed by atoms with Gasteiger partial charge in [-0.1, -0.05) is 0 Å². The van der Waals surface area contributed by atoms with Crippen LogP contribution in [0.15, 0.2) is 51.5 Å². The van der Waals surface area contributed by atoms with Crippen LogP contribution in [0.2, 0.25) is 0 Å². The maximum atomic E-state index is 14.4. The molecule has 2 aliphatic rings. The summed E-state index contributed by atoms with van der Waals surface area (Å²) in [5.41, 5.74) is 8.90. The highest BCUT2D eigenvalue weighted by molar-refractivity contribution is 7.18. The van der Waals surface area contributed by atoms with Gasteiger partial charge in [-0.2, -0.15) is 5.10 Å². The number of pyridine rings is 1. The van der Waals surface area contributed by atoms with Gasteiger partial charge in [0.05, 0.1) is 30.1 Å². The summed E-state index contributed by atoms with van der Waals surface area (Å²) in [6.07, 6.45) is 3.27. The van der Waals surface area contributed by atoms with E-state index >= 15 is 0 Å². The van der Waals surface area contributed by atoms with E-state index < -0.39 is 5.60 Å². The number of halogens is 1. The third-order valence-corrected chi connectivity index (χ3v) is 7.80. The molecule has 2 N–H and O–H groups in total. The number of aliphatic imine (C=N–C) groups is 1. The van der Waals surface area contributed by atoms with Gasteiger partial charge in [-0.3, -0.25) is 5.01 Å². The molecule has 0 spiro atoms. The molecule has 1 aromatic carbocycles. The van der Waals surface area contributed by atoms with Gasteiger partial charge in [0.15, 0.2) is 5.82 Å². The van der Waals surface area contributed by atoms with Crippen molar-refractivity contribution in [3.8, 4) is 16.9 Å². The SMILES string of the molecule is C/C(C=Nc1nc(C2=NN3CCN(C(=O)OC(C)(C)C)CC3C2)c(-c2ccc(F)cc2OC(C)C)c2sccc12)=C/N. The van der Waals surface area contributed by atoms with Gasteiger partial charge in [-0.15, -0.1) is 11.3 Å². The number of hydrazone groups is 1. The summed E-state index contributed by atoms with van der Waals surface area (Å²) in [7, 11) is 0. The molecule has 1 saturated heterocycles. The zero-order valence-corrected chi connectivity index (χ0v) is 25.7. The average molecular weight is 593 g/mol. The zero-order chi connectivity index (χ0) is 30.2. The second kappa shape index (κ2) is 11.7. The molecule has 4 heterocycles. The van der Waals surface area contributed by atoms with Crippen LogP contribution >= 0.6 is 11.3 Å². The van der Waals surface area contributed by atoms with Crippen molar-refractivity contribution >= 4 is 45.3 Å². The van der Waals surface area contributed by atoms with E-state index in [9.17, 15) is 9.18 Å². The number of rotatable bonds is 6. The molecule has 0 saturated carbocycles. The molecule has 0 aliphatic carbocycles. The van der Waals surface area contributed by atoms with E-state index in [4.69, 9.17) is 25.3 Å². The molecular formula is C31H37FN6O3S. The van der Waals surface area contributed by atoms with E-state index in [0.29, 0.717) is 43.3 Å². The zero-order valence-electron chi connectivity index (χ0n) is 24.8. The summed E-state index contributed by atoms with van der Waals surface area (Å²) in [4.78, 5) is 24.3. The molecule has 1 atom stereocenters. The highest BCUT2D eigenvalue weighted by atomic mass is 32.1. The number of aromatic nitrogens is 1. The van der Waals surface area contributed by atoms with Gasteiger partial charge in [-0.25, -0.2) is 19.2 Å². The lowest BCUT2D eigenvalue weighted by Crippen LogP contribution is -2.52. The minimum atomic E-state index is -0.570. The third kappa shape index (κ3) is 6.25. The first-order chi connectivity index (χ1) is 19.9. The van der Waals surface area contributed by atoms with Gasteiger partial charge in [-0.05, 0) is 76.9 Å². The van der Waals surface area contributed by atoms with Crippen molar-refractivity contribution in [2.45, 2.75) is 65.7 Å². The Bertz CT molecular complexity index is 1590. The largest absolute Gasteiger partial charge is 0.490 e. The van der Waals surface area contributed by atoms with E-state index in [-0.39, 0.29) is 24.1 Å². The lowest BCUT2D eigenvalue weighted by Gasteiger charge is -2.37. The summed E-state index contributed by atoms with van der Waals surface area (Å²) in [6.45, 7) is 12.9. The predicted octanol–water partition coefficient (Wildman–Crippen LogP) is 6.48. The summed E-state index contributed by atoms with van der Waals surface area (Å²) in [5.74, 6) is 0.602. The smallest absolute Gasteiger partial charge is 0.410 e. The number of hydrogen-bond donors (Lipinski definition) is 1. The van der Waals surface area contributed by atoms with Crippen LogP contribution in [0.25, 0.3) is 21.2 Å². The third-order valence-electron chi connectivity index (χ3n) is 6.87. The lowest BCUT2D eigenvalue weighted by molar-refractivity contribution is 0.00725. The highest BCUT2D eigenvalue weighted by Gasteiger charge is 2.37. The fourth-order valence-electron chi connectivity index (χ4n) is 5.03. The number of benzene rings is 1. The molecule has 1 amide bonds. The van der Waals surface area contributed by atoms with Gasteiger partial charge < -0.3 is 20.1 Å². The molecule has 0 bridgehead atoms. The minimum Gasteiger partial charge on any atom is -0.490 e. The number of nitrogens with zero attached hydrogens (tertiary/aromatic N) is 5. The van der Waals surface area contributed by atoms with Crippen LogP contribution in [-0.4, -0.2) is 70.3 Å². The van der Waals surface area contributed by atoms with Crippen molar-refractivity contribution in [2.75, 3.05) is 19.6 Å². The summed E-state index contributed by atoms with van der Waals surface area (Å²) in [6, 6.07) is 6.55. The number of carbonyl (C=O) groups excluding carboxylic acids is 1. The van der Waals surface area contributed by atoms with Crippen LogP contribution in [0.4, 0.5) is 15.0 Å². The van der Waals surface area contributed by atoms with Crippen LogP contribution < -0.4 is 10.5 Å². The molecule has 222 valence electrons. The van der Waals surface area contributed by atoms with Gasteiger partial charge >= 0.3 is 6.09 Å². The topological polar surface area (TPSA) is 106 Å². The molecule has 2 aliphatic heterocycles. The van der Waals surface area contributed by atoms with E-state index in [1.165, 1.54) is 18.3 Å². The lowest BCUT2D eigenvalue weighted by atomic mass is 9.96. The van der Waals surface area contributed by atoms with Crippen LogP contribution in [0, 0.1) is 5.82 Å². The monoisotopic (exact) mass is 592 g/mol. The van der Waals surface area contributed by atoms with Crippen molar-refractivity contribution < 1.29 is 18.7 Å². The molecule has 9 nitrogen and oxygen atoms in total. The molecule has 0 radical (unpaired) electrons. The normalized spacial score (nSPS) is 17.8. The van der Waals surface area contributed by atoms with E-state index in [1.807, 2.05) is 58.0 Å². The molecule has 5 rings (SSSR count). The van der Waals surface area contributed by atoms with E-state index in [0.717, 1.165) is 32.5 Å². The molecule has 2 aromatic heterocycles. The molecule has 3 aromatic rings. The van der Waals surface area contributed by atoms with Gasteiger partial charge in [0, 0.05) is 53.0 Å². The van der Waals surface area contributed by atoms with Crippen molar-refractivity contribution in [3.63, 3.8) is 0 Å². The van der Waals surface area contributed by atoms with Crippen molar-refractivity contribution in [1.29, 1.82) is 0 Å². The van der Waals surface area contributed by atoms with Gasteiger partial charge in [0.1, 0.15) is 17.2 Å². The Labute approximate surface area is 249 Å². The summed E-state index contributed by atoms with van der Waals surface area (Å²) >= 11 is 1.56. The fraction of sp³-hybridized carbons (Fsp3) is 0.419. The quantitative estimate of drug-likeness (QED) is 0.328. The van der Waals surface area contributed by atoms with Crippen molar-refractivity contribution in [2.24, 2.45) is 15.8 Å². The van der Waals surface area contributed by atoms with Crippen LogP contribution in [-0.2, 0) is 4.74 Å². The van der Waals surface area contributed by atoms with Gasteiger partial charge in [0.2, 0.25) is 0 Å².